The summed E-state index contributed by atoms with van der Waals surface area (Å²) in [5.41, 5.74) is 0. The summed E-state index contributed by atoms with van der Waals surface area (Å²) in [6.45, 7) is 6.64. The van der Waals surface area contributed by atoms with E-state index < -0.39 is 17.9 Å². The third kappa shape index (κ3) is 6.77. The molecule has 6 nitrogen and oxygen atoms in total. The molecule has 0 saturated heterocycles. The highest BCUT2D eigenvalue weighted by Crippen LogP contribution is 2.12. The van der Waals surface area contributed by atoms with Gasteiger partial charge < -0.3 is 13.3 Å². The quantitative estimate of drug-likeness (QED) is 0.504. The van der Waals surface area contributed by atoms with E-state index in [0.717, 1.165) is 10.3 Å². The zero-order valence-electron chi connectivity index (χ0n) is 10.6. The van der Waals surface area contributed by atoms with Crippen LogP contribution in [0.1, 0.15) is 20.8 Å². The molecule has 0 aromatic heterocycles. The molecule has 0 fully saturated rings. The molecular weight excluding hydrogens is 284 g/mol. The van der Waals surface area contributed by atoms with Crippen LogP contribution in [0.3, 0.4) is 0 Å². The summed E-state index contributed by atoms with van der Waals surface area (Å²) < 4.78 is 42.0. The first-order valence-electron chi connectivity index (χ1n) is 5.33. The van der Waals surface area contributed by atoms with Crippen LogP contribution in [0.15, 0.2) is 0 Å². The van der Waals surface area contributed by atoms with Crippen LogP contribution in [0.2, 0.25) is 0 Å². The van der Waals surface area contributed by atoms with E-state index in [-0.39, 0.29) is 6.23 Å². The minimum Gasteiger partial charge on any atom is -0.372 e. The van der Waals surface area contributed by atoms with E-state index in [1.54, 1.807) is 0 Å². The molecule has 0 aromatic rings. The van der Waals surface area contributed by atoms with Crippen molar-refractivity contribution in [2.45, 2.75) is 20.8 Å². The molecule has 0 heterocycles. The normalized spacial score (nSPS) is 15.6. The Balaban J connectivity index is 4.71. The highest BCUT2D eigenvalue weighted by atomic mass is 32.9. The Kier molecular flexibility index (Phi) is 8.68. The summed E-state index contributed by atoms with van der Waals surface area (Å²) in [6.07, 6.45) is 1.37. The first kappa shape index (κ1) is 17.4. The Hall–Kier alpha value is 0.387. The lowest BCUT2D eigenvalue weighted by Crippen LogP contribution is -2.51. The van der Waals surface area contributed by atoms with Crippen LogP contribution in [0, 0.1) is 0 Å². The lowest BCUT2D eigenvalue weighted by molar-refractivity contribution is 0.0544. The van der Waals surface area contributed by atoms with Gasteiger partial charge in [-0.25, -0.2) is 4.18 Å². The Morgan fingerprint density at radius 3 is 1.82 bits per heavy atom. The van der Waals surface area contributed by atoms with E-state index in [1.165, 1.54) is 6.26 Å². The topological polar surface area (TPSA) is 74.2 Å². The van der Waals surface area contributed by atoms with Gasteiger partial charge in [-0.3, -0.25) is 4.55 Å². The van der Waals surface area contributed by atoms with Crippen LogP contribution in [0.25, 0.3) is 0 Å². The second-order valence-corrected chi connectivity index (χ2v) is 9.05. The van der Waals surface area contributed by atoms with Gasteiger partial charge in [0.2, 0.25) is 0 Å². The van der Waals surface area contributed by atoms with E-state index in [1.807, 2.05) is 20.8 Å². The summed E-state index contributed by atoms with van der Waals surface area (Å²) in [4.78, 5) is 0. The number of hydrogen-bond donors (Lipinski definition) is 1. The maximum atomic E-state index is 11.4. The third-order valence-electron chi connectivity index (χ3n) is 1.69. The predicted octanol–water partition coefficient (Wildman–Crippen LogP) is 0.890. The molecule has 9 heteroatoms. The fourth-order valence-electron chi connectivity index (χ4n) is 1.10. The van der Waals surface area contributed by atoms with E-state index in [2.05, 4.69) is 0 Å². The highest BCUT2D eigenvalue weighted by Gasteiger charge is 2.43. The molecule has 1 atom stereocenters. The molecule has 0 aromatic carbocycles. The molecule has 0 radical (unpaired) electrons. The lowest BCUT2D eigenvalue weighted by Gasteiger charge is -2.27. The Morgan fingerprint density at radius 2 is 1.53 bits per heavy atom. The fourth-order valence-corrected chi connectivity index (χ4v) is 4.91. The van der Waals surface area contributed by atoms with Crippen molar-refractivity contribution in [3.63, 3.8) is 0 Å². The van der Waals surface area contributed by atoms with Crippen LogP contribution in [0.5, 0.6) is 0 Å². The molecule has 17 heavy (non-hydrogen) atoms. The van der Waals surface area contributed by atoms with E-state index in [0.29, 0.717) is 19.8 Å². The first-order valence-corrected chi connectivity index (χ1v) is 10.4. The zero-order valence-corrected chi connectivity index (χ0v) is 13.3. The fraction of sp³-hybridized carbons (Fsp3) is 1.00. The molecule has 0 amide bonds. The van der Waals surface area contributed by atoms with Gasteiger partial charge in [-0.15, -0.1) is 0 Å². The Labute approximate surface area is 108 Å². The average Bonchev–Trinajstić information content (AvgIpc) is 2.28. The molecule has 0 spiro atoms. The maximum Gasteiger partial charge on any atom is 0.529 e. The molecule has 0 bridgehead atoms. The molecule has 1 N–H and O–H groups in total. The SMILES string of the molecule is CCO[Si](COS(=O)(O)=[S+]C)(OCC)OCC. The van der Waals surface area contributed by atoms with Crippen molar-refractivity contribution < 1.29 is 26.2 Å². The van der Waals surface area contributed by atoms with E-state index in [4.69, 9.17) is 17.5 Å². The van der Waals surface area contributed by atoms with Gasteiger partial charge in [-0.2, -0.15) is 4.21 Å². The van der Waals surface area contributed by atoms with Crippen LogP contribution in [-0.4, -0.2) is 49.9 Å². The largest absolute Gasteiger partial charge is 0.529 e. The molecule has 104 valence electrons. The van der Waals surface area contributed by atoms with Gasteiger partial charge in [0.25, 0.3) is 10.3 Å². The Bertz CT molecular complexity index is 298. The minimum absolute atomic E-state index is 0.126. The van der Waals surface area contributed by atoms with E-state index >= 15 is 0 Å². The molecule has 0 saturated carbocycles. The number of rotatable bonds is 9. The lowest BCUT2D eigenvalue weighted by atomic mass is 10.9. The monoisotopic (exact) mass is 305 g/mol. The molecule has 0 rings (SSSR count). The molecule has 1 unspecified atom stereocenters. The standard InChI is InChI=1S/C8H20O6S2Si/c1-5-12-17(13-6-2,14-7-3)8-11-16(9,10)15-4/h5-8H2,1-4H3/p+1. The summed E-state index contributed by atoms with van der Waals surface area (Å²) in [5, 5.41) is 0. The average molecular weight is 305 g/mol. The number of hydrogen-bond acceptors (Lipinski definition) is 5. The third-order valence-corrected chi connectivity index (χ3v) is 6.97. The van der Waals surface area contributed by atoms with Crippen molar-refractivity contribution in [2.75, 3.05) is 32.3 Å². The van der Waals surface area contributed by atoms with Gasteiger partial charge in [0.05, 0.1) is 0 Å². The van der Waals surface area contributed by atoms with Gasteiger partial charge in [0.1, 0.15) is 6.23 Å². The van der Waals surface area contributed by atoms with Crippen molar-refractivity contribution >= 4 is 28.2 Å². The van der Waals surface area contributed by atoms with Gasteiger partial charge in [0, 0.05) is 19.8 Å². The Morgan fingerprint density at radius 1 is 1.12 bits per heavy atom. The van der Waals surface area contributed by atoms with Gasteiger partial charge >= 0.3 is 17.9 Å². The molecule has 0 aliphatic rings. The smallest absolute Gasteiger partial charge is 0.372 e. The second kappa shape index (κ2) is 8.48. The zero-order chi connectivity index (χ0) is 13.4. The minimum atomic E-state index is -3.35. The summed E-state index contributed by atoms with van der Waals surface area (Å²) >= 11 is 0. The van der Waals surface area contributed by atoms with Crippen molar-refractivity contribution in [2.24, 2.45) is 0 Å². The molecule has 0 aliphatic carbocycles. The van der Waals surface area contributed by atoms with Gasteiger partial charge in [-0.1, -0.05) is 0 Å². The van der Waals surface area contributed by atoms with Crippen molar-refractivity contribution in [3.05, 3.63) is 0 Å². The van der Waals surface area contributed by atoms with Crippen LogP contribution in [0.4, 0.5) is 0 Å². The van der Waals surface area contributed by atoms with Crippen LogP contribution < -0.4 is 0 Å². The second-order valence-electron chi connectivity index (χ2n) is 2.84. The highest BCUT2D eigenvalue weighted by molar-refractivity contribution is 8.34. The summed E-state index contributed by atoms with van der Waals surface area (Å²) in [6, 6.07) is 0. The predicted molar refractivity (Wildman–Crippen MR) is 70.6 cm³/mol. The van der Waals surface area contributed by atoms with E-state index in [9.17, 15) is 8.76 Å². The summed E-state index contributed by atoms with van der Waals surface area (Å²) in [7, 11) is -5.60. The molecule has 0 aliphatic heterocycles. The van der Waals surface area contributed by atoms with Gasteiger partial charge in [0.15, 0.2) is 6.26 Å². The van der Waals surface area contributed by atoms with Gasteiger partial charge in [-0.05, 0) is 20.8 Å². The summed E-state index contributed by atoms with van der Waals surface area (Å²) in [5.74, 6) is 0. The first-order chi connectivity index (χ1) is 7.95. The van der Waals surface area contributed by atoms with Crippen molar-refractivity contribution in [1.82, 2.24) is 0 Å². The maximum absolute atomic E-state index is 11.4. The molecular formula is C8H21O6S2Si+. The van der Waals surface area contributed by atoms with Crippen molar-refractivity contribution in [1.29, 1.82) is 0 Å². The van der Waals surface area contributed by atoms with Crippen LogP contribution >= 0.6 is 0 Å². The van der Waals surface area contributed by atoms with Crippen molar-refractivity contribution in [3.8, 4) is 0 Å². The van der Waals surface area contributed by atoms with Crippen LogP contribution in [-0.2, 0) is 36.8 Å².